The van der Waals surface area contributed by atoms with Crippen LogP contribution >= 0.6 is 22.9 Å². The molecule has 10 nitrogen and oxygen atoms in total. The largest absolute Gasteiger partial charge is 0.506 e. The number of amides is 4. The van der Waals surface area contributed by atoms with E-state index >= 15 is 0 Å². The van der Waals surface area contributed by atoms with Crippen LogP contribution < -0.4 is 5.32 Å². The van der Waals surface area contributed by atoms with Crippen molar-refractivity contribution in [2.75, 3.05) is 51.6 Å². The van der Waals surface area contributed by atoms with E-state index in [1.54, 1.807) is 9.80 Å². The highest BCUT2D eigenvalue weighted by molar-refractivity contribution is 7.08. The van der Waals surface area contributed by atoms with E-state index in [2.05, 4.69) is 17.3 Å². The second-order valence-corrected chi connectivity index (χ2v) is 14.6. The number of halogens is 4. The van der Waals surface area contributed by atoms with Crippen molar-refractivity contribution in [2.24, 2.45) is 11.8 Å². The molecule has 4 aliphatic rings. The highest BCUT2D eigenvalue weighted by Gasteiger charge is 2.39. The number of alkyl halides is 3. The number of hydrogen-bond donors (Lipinski definition) is 2. The molecule has 2 N–H and O–H groups in total. The van der Waals surface area contributed by atoms with Gasteiger partial charge in [-0.3, -0.25) is 4.79 Å². The maximum Gasteiger partial charge on any atom is 0.420 e. The molecule has 0 spiro atoms. The molecule has 0 bridgehead atoms. The summed E-state index contributed by atoms with van der Waals surface area (Å²) in [6.45, 7) is 4.11. The number of likely N-dealkylation sites (tertiary alicyclic amines) is 3. The number of hydrogen-bond acceptors (Lipinski definition) is 7. The minimum atomic E-state index is -4.88. The summed E-state index contributed by atoms with van der Waals surface area (Å²) in [5.41, 5.74) is 0.558. The fourth-order valence-electron chi connectivity index (χ4n) is 7.53. The zero-order valence-corrected chi connectivity index (χ0v) is 28.4. The Hall–Kier alpha value is -3.23. The molecule has 5 heterocycles. The van der Waals surface area contributed by atoms with Crippen molar-refractivity contribution in [2.45, 2.75) is 69.8 Å². The van der Waals surface area contributed by atoms with Gasteiger partial charge in [-0.2, -0.15) is 13.2 Å². The molecular weight excluding hydrogens is 671 g/mol. The summed E-state index contributed by atoms with van der Waals surface area (Å²) >= 11 is 7.50. The van der Waals surface area contributed by atoms with Crippen LogP contribution in [0.2, 0.25) is 5.02 Å². The average Bonchev–Trinajstić information content (AvgIpc) is 3.52. The second-order valence-electron chi connectivity index (χ2n) is 13.4. The quantitative estimate of drug-likeness (QED) is 0.366. The Labute approximate surface area is 286 Å². The van der Waals surface area contributed by atoms with Gasteiger partial charge in [0.05, 0.1) is 22.8 Å². The van der Waals surface area contributed by atoms with E-state index in [-0.39, 0.29) is 37.1 Å². The lowest BCUT2D eigenvalue weighted by molar-refractivity contribution is -0.142. The van der Waals surface area contributed by atoms with Gasteiger partial charge in [-0.25, -0.2) is 9.59 Å². The van der Waals surface area contributed by atoms with E-state index in [1.165, 1.54) is 22.3 Å². The Morgan fingerprint density at radius 2 is 1.62 bits per heavy atom. The molecular formula is C33H41ClF3N5O5S. The predicted octanol–water partition coefficient (Wildman–Crippen LogP) is 6.27. The van der Waals surface area contributed by atoms with Crippen LogP contribution in [0.5, 0.6) is 5.75 Å². The summed E-state index contributed by atoms with van der Waals surface area (Å²) in [4.78, 5) is 47.4. The molecule has 1 aromatic carbocycles. The van der Waals surface area contributed by atoms with E-state index in [9.17, 15) is 32.7 Å². The highest BCUT2D eigenvalue weighted by Crippen LogP contribution is 2.41. The molecule has 15 heteroatoms. The lowest BCUT2D eigenvalue weighted by Gasteiger charge is -2.41. The van der Waals surface area contributed by atoms with Gasteiger partial charge in [0.15, 0.2) is 6.10 Å². The van der Waals surface area contributed by atoms with Gasteiger partial charge in [-0.15, -0.1) is 11.3 Å². The molecule has 48 heavy (non-hydrogen) atoms. The molecule has 262 valence electrons. The van der Waals surface area contributed by atoms with Crippen LogP contribution in [0.3, 0.4) is 0 Å². The molecule has 3 fully saturated rings. The molecule has 1 atom stereocenters. The van der Waals surface area contributed by atoms with E-state index in [0.717, 1.165) is 56.1 Å². The Kier molecular flexibility index (Phi) is 10.3. The number of aromatic hydroxyl groups is 1. The molecule has 0 aliphatic carbocycles. The minimum absolute atomic E-state index is 0.0140. The van der Waals surface area contributed by atoms with Gasteiger partial charge >= 0.3 is 18.3 Å². The normalized spacial score (nSPS) is 21.2. The van der Waals surface area contributed by atoms with Crippen LogP contribution in [0.15, 0.2) is 22.9 Å². The predicted molar refractivity (Wildman–Crippen MR) is 175 cm³/mol. The van der Waals surface area contributed by atoms with Crippen molar-refractivity contribution >= 4 is 46.7 Å². The maximum atomic E-state index is 13.9. The number of rotatable bonds is 6. The number of carbonyl (C=O) groups is 3. The van der Waals surface area contributed by atoms with Gasteiger partial charge in [-0.1, -0.05) is 11.6 Å². The van der Waals surface area contributed by atoms with Gasteiger partial charge in [0.2, 0.25) is 0 Å². The SMILES string of the molecule is CN1CCC(C2CCN(C(=O)[C@@H](Cc3cc(Cl)c(O)c(C(F)(F)F)c3)OC(=O)N3CCC(N4Cc5cscc5NC4=O)CC3)CC2)CC1. The molecule has 4 aliphatic heterocycles. The molecule has 2 aromatic rings. The number of benzene rings is 1. The van der Waals surface area contributed by atoms with E-state index < -0.39 is 40.6 Å². The van der Waals surface area contributed by atoms with E-state index in [0.29, 0.717) is 44.3 Å². The first-order valence-corrected chi connectivity index (χ1v) is 17.8. The summed E-state index contributed by atoms with van der Waals surface area (Å²) in [7, 11) is 2.12. The second kappa shape index (κ2) is 14.3. The van der Waals surface area contributed by atoms with E-state index in [1.807, 2.05) is 10.8 Å². The molecule has 1 aromatic heterocycles. The summed E-state index contributed by atoms with van der Waals surface area (Å²) in [6, 6.07) is 1.64. The number of nitrogens with one attached hydrogen (secondary N) is 1. The van der Waals surface area contributed by atoms with Crippen LogP contribution in [-0.4, -0.2) is 101 Å². The maximum absolute atomic E-state index is 13.9. The number of phenols is 1. The molecule has 0 saturated carbocycles. The number of urea groups is 1. The minimum Gasteiger partial charge on any atom is -0.506 e. The molecule has 0 unspecified atom stereocenters. The van der Waals surface area contributed by atoms with Crippen molar-refractivity contribution in [3.63, 3.8) is 0 Å². The zero-order chi connectivity index (χ0) is 34.2. The Bertz CT molecular complexity index is 1500. The first kappa shape index (κ1) is 34.6. The molecule has 3 saturated heterocycles. The lowest BCUT2D eigenvalue weighted by Crippen LogP contribution is -2.52. The molecule has 6 rings (SSSR count). The van der Waals surface area contributed by atoms with Crippen LogP contribution in [0, 0.1) is 11.8 Å². The van der Waals surface area contributed by atoms with Gasteiger partial charge in [0.1, 0.15) is 5.75 Å². The first-order chi connectivity index (χ1) is 22.9. The highest BCUT2D eigenvalue weighted by atomic mass is 35.5. The third-order valence-electron chi connectivity index (χ3n) is 10.4. The Balaban J connectivity index is 1.13. The third-order valence-corrected chi connectivity index (χ3v) is 11.5. The Morgan fingerprint density at radius 1 is 1.00 bits per heavy atom. The standard InChI is InChI=1S/C33H41ClF3N5O5S/c1-39-8-2-21(3-9-39)22-4-10-40(11-5-22)30(44)28(16-20-14-25(33(35,36)37)29(43)26(34)15-20)47-32(46)41-12-6-24(7-13-41)42-17-23-18-48-19-27(23)38-31(42)45/h14-15,18-19,21-22,24,28,43H,2-13,16-17H2,1H3,(H,38,45)/t28-/m1/s1. The topological polar surface area (TPSA) is 106 Å². The van der Waals surface area contributed by atoms with E-state index in [4.69, 9.17) is 16.3 Å². The van der Waals surface area contributed by atoms with Crippen molar-refractivity contribution in [3.8, 4) is 5.75 Å². The summed E-state index contributed by atoms with van der Waals surface area (Å²) < 4.78 is 46.9. The molecule has 0 radical (unpaired) electrons. The van der Waals surface area contributed by atoms with Gasteiger partial charge in [0, 0.05) is 49.6 Å². The van der Waals surface area contributed by atoms with Gasteiger partial charge < -0.3 is 34.8 Å². The van der Waals surface area contributed by atoms with Gasteiger partial charge in [-0.05, 0) is 93.6 Å². The number of nitrogens with zero attached hydrogens (tertiary/aromatic N) is 4. The van der Waals surface area contributed by atoms with Crippen LogP contribution in [0.4, 0.5) is 28.4 Å². The average molecular weight is 712 g/mol. The van der Waals surface area contributed by atoms with Crippen molar-refractivity contribution in [3.05, 3.63) is 44.6 Å². The van der Waals surface area contributed by atoms with Crippen molar-refractivity contribution in [1.82, 2.24) is 19.6 Å². The number of thiophene rings is 1. The number of carbonyl (C=O) groups excluding carboxylic acids is 3. The lowest BCUT2D eigenvalue weighted by atomic mass is 9.79. The zero-order valence-electron chi connectivity index (χ0n) is 26.8. The Morgan fingerprint density at radius 3 is 2.27 bits per heavy atom. The van der Waals surface area contributed by atoms with Crippen molar-refractivity contribution in [1.29, 1.82) is 0 Å². The third kappa shape index (κ3) is 7.65. The first-order valence-electron chi connectivity index (χ1n) is 16.5. The number of anilines is 1. The molecule has 4 amide bonds. The van der Waals surface area contributed by atoms with Crippen LogP contribution in [0.1, 0.15) is 55.2 Å². The number of piperidine rings is 3. The summed E-state index contributed by atoms with van der Waals surface area (Å²) in [5, 5.41) is 16.3. The van der Waals surface area contributed by atoms with Gasteiger partial charge in [0.25, 0.3) is 5.91 Å². The number of ether oxygens (including phenoxy) is 1. The van der Waals surface area contributed by atoms with Crippen LogP contribution in [0.25, 0.3) is 0 Å². The van der Waals surface area contributed by atoms with Crippen molar-refractivity contribution < 1.29 is 37.4 Å². The number of fused-ring (bicyclic) bond motifs is 1. The smallest absolute Gasteiger partial charge is 0.420 e. The summed E-state index contributed by atoms with van der Waals surface area (Å²) in [5.74, 6) is -0.472. The fourth-order valence-corrected chi connectivity index (χ4v) is 8.55. The number of phenolic OH excluding ortho intramolecular Hbond substituents is 1. The fraction of sp³-hybridized carbons (Fsp3) is 0.606. The van der Waals surface area contributed by atoms with Crippen LogP contribution in [-0.2, 0) is 28.7 Å². The monoisotopic (exact) mass is 711 g/mol. The summed E-state index contributed by atoms with van der Waals surface area (Å²) in [6.07, 6.45) is -2.46.